The van der Waals surface area contributed by atoms with E-state index in [0.29, 0.717) is 11.6 Å². The number of thiazole rings is 1. The third-order valence-corrected chi connectivity index (χ3v) is 3.70. The molecule has 1 amide bonds. The van der Waals surface area contributed by atoms with Crippen molar-refractivity contribution in [3.8, 4) is 0 Å². The largest absolute Gasteiger partial charge is 0.378 e. The van der Waals surface area contributed by atoms with E-state index in [-0.39, 0.29) is 18.1 Å². The molecule has 0 saturated carbocycles. The number of nitrogens with zero attached hydrogens (tertiary/aromatic N) is 1. The smallest absolute Gasteiger partial charge is 0.228 e. The van der Waals surface area contributed by atoms with Crippen molar-refractivity contribution in [3.05, 3.63) is 11.1 Å². The van der Waals surface area contributed by atoms with E-state index in [1.807, 2.05) is 12.3 Å². The van der Waals surface area contributed by atoms with Gasteiger partial charge in [-0.3, -0.25) is 4.79 Å². The number of rotatable bonds is 4. The Kier molecular flexibility index (Phi) is 4.68. The SMILES string of the molecule is CC(N)c1csc(NC(=O)CC2CCCCO2)n1. The maximum absolute atomic E-state index is 11.8. The van der Waals surface area contributed by atoms with Crippen LogP contribution >= 0.6 is 11.3 Å². The van der Waals surface area contributed by atoms with Crippen LogP contribution in [0.2, 0.25) is 0 Å². The van der Waals surface area contributed by atoms with Gasteiger partial charge in [-0.25, -0.2) is 4.98 Å². The van der Waals surface area contributed by atoms with Crippen molar-refractivity contribution >= 4 is 22.4 Å². The molecule has 2 heterocycles. The van der Waals surface area contributed by atoms with Gasteiger partial charge in [0.2, 0.25) is 5.91 Å². The van der Waals surface area contributed by atoms with Gasteiger partial charge < -0.3 is 15.8 Å². The summed E-state index contributed by atoms with van der Waals surface area (Å²) < 4.78 is 5.53. The lowest BCUT2D eigenvalue weighted by molar-refractivity contribution is -0.119. The average Bonchev–Trinajstić information content (AvgIpc) is 2.78. The molecule has 0 radical (unpaired) electrons. The summed E-state index contributed by atoms with van der Waals surface area (Å²) in [6.07, 6.45) is 3.68. The van der Waals surface area contributed by atoms with E-state index >= 15 is 0 Å². The highest BCUT2D eigenvalue weighted by Crippen LogP contribution is 2.20. The minimum Gasteiger partial charge on any atom is -0.378 e. The maximum atomic E-state index is 11.8. The molecule has 6 heteroatoms. The second kappa shape index (κ2) is 6.26. The van der Waals surface area contributed by atoms with Gasteiger partial charge in [0, 0.05) is 18.0 Å². The average molecular weight is 269 g/mol. The summed E-state index contributed by atoms with van der Waals surface area (Å²) in [5, 5.41) is 5.28. The van der Waals surface area contributed by atoms with Crippen LogP contribution in [0.25, 0.3) is 0 Å². The standard InChI is InChI=1S/C12H19N3O2S/c1-8(13)10-7-18-12(14-10)15-11(16)6-9-4-2-3-5-17-9/h7-9H,2-6,13H2,1H3,(H,14,15,16). The van der Waals surface area contributed by atoms with E-state index in [1.165, 1.54) is 11.3 Å². The van der Waals surface area contributed by atoms with E-state index < -0.39 is 0 Å². The Hall–Kier alpha value is -0.980. The van der Waals surface area contributed by atoms with Gasteiger partial charge in [-0.2, -0.15) is 0 Å². The molecular formula is C12H19N3O2S. The summed E-state index contributed by atoms with van der Waals surface area (Å²) >= 11 is 1.40. The van der Waals surface area contributed by atoms with E-state index in [4.69, 9.17) is 10.5 Å². The Balaban J connectivity index is 1.82. The molecule has 1 aliphatic heterocycles. The number of nitrogens with one attached hydrogen (secondary N) is 1. The number of ether oxygens (including phenoxy) is 1. The number of aromatic nitrogens is 1. The molecule has 1 aliphatic rings. The second-order valence-corrected chi connectivity index (χ2v) is 5.47. The highest BCUT2D eigenvalue weighted by molar-refractivity contribution is 7.13. The molecule has 2 atom stereocenters. The number of amides is 1. The first-order valence-electron chi connectivity index (χ1n) is 6.27. The zero-order valence-corrected chi connectivity index (χ0v) is 11.3. The molecule has 0 bridgehead atoms. The summed E-state index contributed by atoms with van der Waals surface area (Å²) in [6.45, 7) is 2.64. The van der Waals surface area contributed by atoms with Crippen LogP contribution in [0.5, 0.6) is 0 Å². The van der Waals surface area contributed by atoms with Crippen molar-refractivity contribution in [2.75, 3.05) is 11.9 Å². The zero-order valence-electron chi connectivity index (χ0n) is 10.5. The van der Waals surface area contributed by atoms with Gasteiger partial charge in [-0.1, -0.05) is 0 Å². The summed E-state index contributed by atoms with van der Waals surface area (Å²) in [7, 11) is 0. The number of hydrogen-bond donors (Lipinski definition) is 2. The van der Waals surface area contributed by atoms with Crippen molar-refractivity contribution in [2.24, 2.45) is 5.73 Å². The minimum atomic E-state index is -0.103. The summed E-state index contributed by atoms with van der Waals surface area (Å²) in [5.74, 6) is -0.0347. The second-order valence-electron chi connectivity index (χ2n) is 4.61. The molecule has 0 spiro atoms. The molecule has 1 saturated heterocycles. The molecule has 1 aromatic rings. The maximum Gasteiger partial charge on any atom is 0.228 e. The first kappa shape index (κ1) is 13.5. The van der Waals surface area contributed by atoms with Crippen molar-refractivity contribution in [3.63, 3.8) is 0 Å². The third-order valence-electron chi connectivity index (χ3n) is 2.92. The molecule has 2 unspecified atom stereocenters. The number of anilines is 1. The quantitative estimate of drug-likeness (QED) is 0.877. The molecular weight excluding hydrogens is 250 g/mol. The molecule has 100 valence electrons. The highest BCUT2D eigenvalue weighted by atomic mass is 32.1. The Labute approximate surface area is 111 Å². The molecule has 0 aliphatic carbocycles. The lowest BCUT2D eigenvalue weighted by Crippen LogP contribution is -2.25. The molecule has 18 heavy (non-hydrogen) atoms. The van der Waals surface area contributed by atoms with Crippen LogP contribution in [0.4, 0.5) is 5.13 Å². The van der Waals surface area contributed by atoms with Gasteiger partial charge >= 0.3 is 0 Å². The fraction of sp³-hybridized carbons (Fsp3) is 0.667. The van der Waals surface area contributed by atoms with Crippen LogP contribution < -0.4 is 11.1 Å². The molecule has 1 fully saturated rings. The van der Waals surface area contributed by atoms with Crippen LogP contribution in [0.3, 0.4) is 0 Å². The Morgan fingerprint density at radius 1 is 1.72 bits per heavy atom. The fourth-order valence-corrected chi connectivity index (χ4v) is 2.73. The minimum absolute atomic E-state index is 0.0347. The Morgan fingerprint density at radius 2 is 2.56 bits per heavy atom. The van der Waals surface area contributed by atoms with E-state index in [1.54, 1.807) is 0 Å². The van der Waals surface area contributed by atoms with Crippen molar-refractivity contribution in [1.82, 2.24) is 4.98 Å². The number of nitrogens with two attached hydrogens (primary N) is 1. The van der Waals surface area contributed by atoms with E-state index in [9.17, 15) is 4.79 Å². The number of carbonyl (C=O) groups is 1. The fourth-order valence-electron chi connectivity index (χ4n) is 1.90. The topological polar surface area (TPSA) is 77.2 Å². The van der Waals surface area contributed by atoms with Gasteiger partial charge in [0.1, 0.15) is 0 Å². The van der Waals surface area contributed by atoms with Crippen molar-refractivity contribution in [1.29, 1.82) is 0 Å². The van der Waals surface area contributed by atoms with Gasteiger partial charge in [0.15, 0.2) is 5.13 Å². The van der Waals surface area contributed by atoms with Crippen LogP contribution in [0.1, 0.15) is 44.3 Å². The van der Waals surface area contributed by atoms with Gasteiger partial charge in [-0.15, -0.1) is 11.3 Å². The van der Waals surface area contributed by atoms with Crippen LogP contribution in [0, 0.1) is 0 Å². The molecule has 3 N–H and O–H groups in total. The lowest BCUT2D eigenvalue weighted by Gasteiger charge is -2.21. The molecule has 1 aromatic heterocycles. The van der Waals surface area contributed by atoms with E-state index in [2.05, 4.69) is 10.3 Å². The van der Waals surface area contributed by atoms with Gasteiger partial charge in [0.05, 0.1) is 18.2 Å². The first-order valence-corrected chi connectivity index (χ1v) is 7.15. The normalized spacial score (nSPS) is 21.6. The van der Waals surface area contributed by atoms with Gasteiger partial charge in [0.25, 0.3) is 0 Å². The highest BCUT2D eigenvalue weighted by Gasteiger charge is 2.18. The summed E-state index contributed by atoms with van der Waals surface area (Å²) in [4.78, 5) is 16.1. The Morgan fingerprint density at radius 3 is 3.17 bits per heavy atom. The Bertz CT molecular complexity index is 400. The predicted molar refractivity (Wildman–Crippen MR) is 71.6 cm³/mol. The van der Waals surface area contributed by atoms with Crippen LogP contribution in [0.15, 0.2) is 5.38 Å². The number of carbonyl (C=O) groups excluding carboxylic acids is 1. The number of hydrogen-bond acceptors (Lipinski definition) is 5. The zero-order chi connectivity index (χ0) is 13.0. The lowest BCUT2D eigenvalue weighted by atomic mass is 10.1. The van der Waals surface area contributed by atoms with Crippen molar-refractivity contribution < 1.29 is 9.53 Å². The molecule has 2 rings (SSSR count). The third kappa shape index (κ3) is 3.76. The molecule has 0 aromatic carbocycles. The van der Waals surface area contributed by atoms with E-state index in [0.717, 1.165) is 31.6 Å². The monoisotopic (exact) mass is 269 g/mol. The summed E-state index contributed by atoms with van der Waals surface area (Å²) in [5.41, 5.74) is 6.53. The van der Waals surface area contributed by atoms with Crippen LogP contribution in [-0.4, -0.2) is 23.6 Å². The summed E-state index contributed by atoms with van der Waals surface area (Å²) in [6, 6.07) is -0.103. The first-order chi connectivity index (χ1) is 8.65. The van der Waals surface area contributed by atoms with Crippen molar-refractivity contribution in [2.45, 2.75) is 44.8 Å². The predicted octanol–water partition coefficient (Wildman–Crippen LogP) is 2.06. The molecule has 5 nitrogen and oxygen atoms in total. The van der Waals surface area contributed by atoms with Gasteiger partial charge in [-0.05, 0) is 26.2 Å². The van der Waals surface area contributed by atoms with Crippen LogP contribution in [-0.2, 0) is 9.53 Å².